The van der Waals surface area contributed by atoms with Crippen LogP contribution >= 0.6 is 0 Å². The van der Waals surface area contributed by atoms with Crippen molar-refractivity contribution in [1.29, 1.82) is 0 Å². The molecule has 0 unspecified atom stereocenters. The first-order valence-electron chi connectivity index (χ1n) is 40.4. The molecular weight excluding hydrogens is 1400 g/mol. The lowest BCUT2D eigenvalue weighted by Crippen LogP contribution is -2.50. The summed E-state index contributed by atoms with van der Waals surface area (Å²) in [6, 6.07) is 47.3. The number of halogens is 2. The van der Waals surface area contributed by atoms with Crippen LogP contribution in [0.5, 0.6) is 11.5 Å². The maximum Gasteiger partial charge on any atom is 0.407 e. The Morgan fingerprint density at radius 2 is 0.865 bits per heavy atom. The highest BCUT2D eigenvalue weighted by Crippen LogP contribution is 2.48. The molecule has 0 radical (unpaired) electrons. The fourth-order valence-electron chi connectivity index (χ4n) is 16.6. The number of carboxylic acid groups (broad SMARTS) is 1. The van der Waals surface area contributed by atoms with Crippen molar-refractivity contribution in [2.75, 3.05) is 26.2 Å². The highest BCUT2D eigenvalue weighted by Gasteiger charge is 2.45. The zero-order chi connectivity index (χ0) is 78.5. The summed E-state index contributed by atoms with van der Waals surface area (Å²) in [5, 5.41) is 28.1. The van der Waals surface area contributed by atoms with Crippen LogP contribution in [0.3, 0.4) is 0 Å². The fraction of sp³-hybridized carbons (Fsp3) is 0.511. The van der Waals surface area contributed by atoms with Crippen molar-refractivity contribution >= 4 is 24.1 Å². The van der Waals surface area contributed by atoms with E-state index >= 15 is 0 Å². The molecule has 2 aliphatic heterocycles. The van der Waals surface area contributed by atoms with Crippen molar-refractivity contribution in [1.82, 2.24) is 50.4 Å². The van der Waals surface area contributed by atoms with Crippen LogP contribution in [0.25, 0.3) is 0 Å². The lowest BCUT2D eigenvalue weighted by atomic mass is 9.63. The van der Waals surface area contributed by atoms with Gasteiger partial charge in [0.15, 0.2) is 0 Å². The number of aliphatic carboxylic acids is 1. The summed E-state index contributed by atoms with van der Waals surface area (Å²) in [5.74, 6) is 0.551. The second-order valence-electron chi connectivity index (χ2n) is 33.1. The van der Waals surface area contributed by atoms with Crippen LogP contribution in [0.15, 0.2) is 183 Å². The molecule has 111 heavy (non-hydrogen) atoms. The van der Waals surface area contributed by atoms with Gasteiger partial charge in [0.05, 0.1) is 5.92 Å². The van der Waals surface area contributed by atoms with Crippen LogP contribution < -0.4 is 25.4 Å². The molecule has 3 amide bonds. The number of hydrogen-bond donors (Lipinski definition) is 4. The third kappa shape index (κ3) is 28.0. The molecule has 2 aromatic heterocycles. The van der Waals surface area contributed by atoms with E-state index in [0.717, 1.165) is 76.7 Å². The third-order valence-corrected chi connectivity index (χ3v) is 22.5. The lowest BCUT2D eigenvalue weighted by Gasteiger charge is -2.48. The van der Waals surface area contributed by atoms with Crippen molar-refractivity contribution in [3.63, 3.8) is 0 Å². The molecule has 0 bridgehead atoms. The summed E-state index contributed by atoms with van der Waals surface area (Å²) in [6.45, 7) is 17.5. The van der Waals surface area contributed by atoms with E-state index in [-0.39, 0.29) is 47.4 Å². The van der Waals surface area contributed by atoms with Crippen molar-refractivity contribution in [2.24, 2.45) is 34.5 Å². The standard InChI is InChI=1S/C45H58FN5O4.C31H36FNO5.C14H24N4/c1-44(2,3)55-43(53)49-40(29-35-16-22-41(23-17-35)54-30-36-10-6-4-7-11-36)21-18-37(28-34-14-19-39(46)20-15-34)42(52)50-26-24-45(25-27-50,31-51-33-47-32-48-51)38-12-8-5-9-13-38;1-31(2,3)38-30(36)33-27(16-13-25(29(34)35)19-22-9-14-26(32)15-10-22)20-23-11-17-28(18-12-23)37-21-24-7-5-4-6-8-24;1-2-4-13(5-3-1)14(6-8-15-9-7-14)10-18-12-16-11-17-18/h4,6-7,10-11,14-17,19-20,22-23,32-33,37-38,40H,5,8-9,12-13,18,21,24-31H2,1-3H3,(H,49,53);4-12,14-15,17-18,25,27H,13,16,19-21H2,1-3H3,(H,33,36)(H,34,35);11-13,15H,1-10H2/t37-,40+;25-,27-;/m11./s1. The molecule has 2 saturated carbocycles. The third-order valence-electron chi connectivity index (χ3n) is 22.5. The summed E-state index contributed by atoms with van der Waals surface area (Å²) in [4.78, 5) is 62.5. The van der Waals surface area contributed by atoms with Gasteiger partial charge in [0.2, 0.25) is 5.91 Å². The Kier molecular flexibility index (Phi) is 31.5. The summed E-state index contributed by atoms with van der Waals surface area (Å²) in [5.41, 5.74) is 5.11. The predicted octanol–water partition coefficient (Wildman–Crippen LogP) is 17.8. The van der Waals surface area contributed by atoms with Gasteiger partial charge in [-0.3, -0.25) is 19.0 Å². The van der Waals surface area contributed by atoms with Crippen LogP contribution in [0.1, 0.15) is 190 Å². The number of alkyl carbamates (subject to hydrolysis) is 2. The molecule has 21 heteroatoms. The normalized spacial score (nSPS) is 17.0. The summed E-state index contributed by atoms with van der Waals surface area (Å²) in [7, 11) is 0. The molecule has 4 aliphatic rings. The SMILES string of the molecule is CC(C)(C)OC(=O)N[C@@H](CC[C@H](Cc1ccc(F)cc1)C(=O)N1CCC(Cn2cncn2)(C2CCCCC2)CC1)Cc1ccc(OCc2ccccc2)cc1.CC(C)(C)OC(=O)N[C@H](CC[C@H](Cc1ccc(F)cc1)C(=O)O)Cc1ccc(OCc2ccccc2)cc1.c1ncn(CC2(C3CCCCC3)CCNCC2)n1. The average molecular weight is 1520 g/mol. The van der Waals surface area contributed by atoms with Crippen LogP contribution in [-0.4, -0.2) is 113 Å². The second-order valence-corrected chi connectivity index (χ2v) is 33.1. The number of rotatable bonds is 30. The molecule has 0 spiro atoms. The van der Waals surface area contributed by atoms with E-state index < -0.39 is 35.3 Å². The summed E-state index contributed by atoms with van der Waals surface area (Å²) in [6.07, 6.45) is 27.6. The number of nitrogens with zero attached hydrogens (tertiary/aromatic N) is 7. The smallest absolute Gasteiger partial charge is 0.407 e. The Labute approximate surface area is 655 Å². The molecule has 4 heterocycles. The van der Waals surface area contributed by atoms with Gasteiger partial charge >= 0.3 is 18.2 Å². The van der Waals surface area contributed by atoms with E-state index in [1.807, 2.05) is 147 Å². The van der Waals surface area contributed by atoms with E-state index in [0.29, 0.717) is 82.6 Å². The minimum Gasteiger partial charge on any atom is -0.489 e. The number of likely N-dealkylation sites (tertiary alicyclic amines) is 1. The molecular formula is C90H118F2N10O9. The number of carbonyl (C=O) groups excluding carboxylic acids is 3. The van der Waals surface area contributed by atoms with E-state index in [1.165, 1.54) is 114 Å². The highest BCUT2D eigenvalue weighted by atomic mass is 19.1. The number of amides is 3. The van der Waals surface area contributed by atoms with Gasteiger partial charge in [-0.2, -0.15) is 10.2 Å². The molecule has 12 rings (SSSR count). The first kappa shape index (κ1) is 84.0. The molecule has 2 saturated heterocycles. The van der Waals surface area contributed by atoms with Gasteiger partial charge in [0, 0.05) is 44.2 Å². The maximum absolute atomic E-state index is 14.6. The van der Waals surface area contributed by atoms with Crippen LogP contribution in [-0.2, 0) is 71.0 Å². The van der Waals surface area contributed by atoms with Crippen molar-refractivity contribution in [3.8, 4) is 11.5 Å². The van der Waals surface area contributed by atoms with Gasteiger partial charge < -0.3 is 44.9 Å². The molecule has 6 aromatic carbocycles. The number of nitrogens with one attached hydrogen (secondary N) is 3. The molecule has 8 aromatic rings. The highest BCUT2D eigenvalue weighted by molar-refractivity contribution is 5.79. The number of carbonyl (C=O) groups is 4. The van der Waals surface area contributed by atoms with Gasteiger partial charge in [-0.25, -0.2) is 28.3 Å². The Morgan fingerprint density at radius 3 is 1.25 bits per heavy atom. The largest absolute Gasteiger partial charge is 0.489 e. The average Bonchev–Trinajstić information content (AvgIpc) is 1.63. The van der Waals surface area contributed by atoms with Crippen LogP contribution in [0.4, 0.5) is 18.4 Å². The van der Waals surface area contributed by atoms with Gasteiger partial charge in [-0.1, -0.05) is 148 Å². The first-order valence-corrected chi connectivity index (χ1v) is 40.4. The minimum atomic E-state index is -0.926. The fourth-order valence-corrected chi connectivity index (χ4v) is 16.6. The van der Waals surface area contributed by atoms with Crippen molar-refractivity contribution in [3.05, 3.63) is 228 Å². The van der Waals surface area contributed by atoms with Crippen LogP contribution in [0.2, 0.25) is 0 Å². The van der Waals surface area contributed by atoms with Gasteiger partial charge in [0.25, 0.3) is 0 Å². The molecule has 19 nitrogen and oxygen atoms in total. The zero-order valence-electron chi connectivity index (χ0n) is 66.1. The number of carboxylic acids is 1. The van der Waals surface area contributed by atoms with Gasteiger partial charge in [-0.15, -0.1) is 0 Å². The zero-order valence-corrected chi connectivity index (χ0v) is 66.1. The Hall–Kier alpha value is -9.50. The predicted molar refractivity (Wildman–Crippen MR) is 427 cm³/mol. The molecule has 4 atom stereocenters. The quantitative estimate of drug-likeness (QED) is 0.0329. The Balaban J connectivity index is 0.000000200. The minimum absolute atomic E-state index is 0.0852. The van der Waals surface area contributed by atoms with Crippen molar-refractivity contribution < 1.29 is 52.0 Å². The number of benzene rings is 6. The van der Waals surface area contributed by atoms with Gasteiger partial charge in [-0.05, 0) is 262 Å². The number of aromatic nitrogens is 6. The van der Waals surface area contributed by atoms with E-state index in [4.69, 9.17) is 18.9 Å². The molecule has 596 valence electrons. The molecule has 4 fully saturated rings. The summed E-state index contributed by atoms with van der Waals surface area (Å²) < 4.78 is 54.2. The molecule has 4 N–H and O–H groups in total. The number of hydrogen-bond acceptors (Lipinski definition) is 13. The van der Waals surface area contributed by atoms with Crippen LogP contribution in [0, 0.1) is 46.1 Å². The Bertz CT molecular complexity index is 4020. The lowest BCUT2D eigenvalue weighted by molar-refractivity contribution is -0.142. The number of ether oxygens (including phenoxy) is 4. The van der Waals surface area contributed by atoms with E-state index in [2.05, 4.69) is 45.7 Å². The molecule has 2 aliphatic carbocycles. The summed E-state index contributed by atoms with van der Waals surface area (Å²) >= 11 is 0. The van der Waals surface area contributed by atoms with E-state index in [9.17, 15) is 33.1 Å². The first-order chi connectivity index (χ1) is 53.5. The maximum atomic E-state index is 14.6. The Morgan fingerprint density at radius 1 is 0.486 bits per heavy atom. The second kappa shape index (κ2) is 41.7. The van der Waals surface area contributed by atoms with Crippen molar-refractivity contribution in [2.45, 2.75) is 232 Å². The van der Waals surface area contributed by atoms with Gasteiger partial charge in [0.1, 0.15) is 72.9 Å². The monoisotopic (exact) mass is 1520 g/mol. The van der Waals surface area contributed by atoms with E-state index in [1.54, 1.807) is 57.7 Å². The topological polar surface area (TPSA) is 226 Å². The number of piperidine rings is 2.